The lowest BCUT2D eigenvalue weighted by molar-refractivity contribution is 0.0927. The first-order valence-electron chi connectivity index (χ1n) is 8.35. The van der Waals surface area contributed by atoms with Crippen LogP contribution in [0.3, 0.4) is 0 Å². The van der Waals surface area contributed by atoms with Crippen LogP contribution in [0, 0.1) is 6.92 Å². The summed E-state index contributed by atoms with van der Waals surface area (Å²) in [6.07, 6.45) is 9.73. The van der Waals surface area contributed by atoms with Gasteiger partial charge in [0.05, 0.1) is 7.11 Å². The summed E-state index contributed by atoms with van der Waals surface area (Å²) in [5.74, 6) is 0.796. The molecule has 1 amide bonds. The predicted octanol–water partition coefficient (Wildman–Crippen LogP) is 4.66. The van der Waals surface area contributed by atoms with E-state index in [-0.39, 0.29) is 5.91 Å². The summed E-state index contributed by atoms with van der Waals surface area (Å²) in [5, 5.41) is 3.19. The van der Waals surface area contributed by atoms with Crippen molar-refractivity contribution < 1.29 is 9.53 Å². The highest BCUT2D eigenvalue weighted by atomic mass is 16.5. The van der Waals surface area contributed by atoms with E-state index in [1.807, 2.05) is 38.1 Å². The van der Waals surface area contributed by atoms with Gasteiger partial charge in [0, 0.05) is 11.6 Å². The number of allylic oxidation sites excluding steroid dienone is 2. The molecule has 0 unspecified atom stereocenters. The molecule has 1 saturated carbocycles. The number of carbonyl (C=O) groups excluding carboxylic acids is 1. The number of nitrogens with one attached hydrogen (secondary N) is 1. The molecule has 0 bridgehead atoms. The molecule has 0 aliphatic heterocycles. The van der Waals surface area contributed by atoms with E-state index in [1.165, 1.54) is 19.3 Å². The SMILES string of the molecule is C=C(C)/C=C\c1c(C(=O)NC2CCCCC2)ccc(OC)c1C. The number of rotatable bonds is 5. The number of methoxy groups -OCH3 is 1. The van der Waals surface area contributed by atoms with Crippen molar-refractivity contribution in [3.63, 3.8) is 0 Å². The van der Waals surface area contributed by atoms with Gasteiger partial charge in [-0.25, -0.2) is 0 Å². The molecule has 1 aliphatic carbocycles. The number of carbonyl (C=O) groups is 1. The molecule has 0 saturated heterocycles. The first-order valence-corrected chi connectivity index (χ1v) is 8.35. The monoisotopic (exact) mass is 313 g/mol. The summed E-state index contributed by atoms with van der Waals surface area (Å²) in [5.41, 5.74) is 3.53. The topological polar surface area (TPSA) is 38.3 Å². The van der Waals surface area contributed by atoms with E-state index in [1.54, 1.807) is 7.11 Å². The van der Waals surface area contributed by atoms with Crippen LogP contribution in [0.15, 0.2) is 30.4 Å². The van der Waals surface area contributed by atoms with Gasteiger partial charge in [0.15, 0.2) is 0 Å². The smallest absolute Gasteiger partial charge is 0.252 e. The van der Waals surface area contributed by atoms with Gasteiger partial charge in [-0.1, -0.05) is 43.6 Å². The minimum Gasteiger partial charge on any atom is -0.496 e. The molecule has 3 nitrogen and oxygen atoms in total. The van der Waals surface area contributed by atoms with Gasteiger partial charge in [0.25, 0.3) is 5.91 Å². The van der Waals surface area contributed by atoms with Gasteiger partial charge in [0.1, 0.15) is 5.75 Å². The fraction of sp³-hybridized carbons (Fsp3) is 0.450. The Balaban J connectivity index is 2.30. The van der Waals surface area contributed by atoms with Gasteiger partial charge in [-0.15, -0.1) is 0 Å². The van der Waals surface area contributed by atoms with Gasteiger partial charge in [-0.3, -0.25) is 4.79 Å². The largest absolute Gasteiger partial charge is 0.496 e. The van der Waals surface area contributed by atoms with Crippen LogP contribution < -0.4 is 10.1 Å². The number of hydrogen-bond acceptors (Lipinski definition) is 2. The Morgan fingerprint density at radius 1 is 1.30 bits per heavy atom. The van der Waals surface area contributed by atoms with E-state index in [9.17, 15) is 4.79 Å². The third kappa shape index (κ3) is 4.47. The van der Waals surface area contributed by atoms with Crippen molar-refractivity contribution in [1.82, 2.24) is 5.32 Å². The molecule has 3 heteroatoms. The lowest BCUT2D eigenvalue weighted by atomic mass is 9.94. The standard InChI is InChI=1S/C20H27NO2/c1-14(2)10-11-17-15(3)19(23-4)13-12-18(17)20(22)21-16-8-6-5-7-9-16/h10-13,16H,1,5-9H2,2-4H3,(H,21,22)/b11-10-. The molecule has 1 N–H and O–H groups in total. The third-order valence-corrected chi connectivity index (χ3v) is 4.40. The van der Waals surface area contributed by atoms with Crippen LogP contribution in [0.25, 0.3) is 6.08 Å². The minimum absolute atomic E-state index is 0.00372. The second-order valence-corrected chi connectivity index (χ2v) is 6.34. The number of hydrogen-bond donors (Lipinski definition) is 1. The average Bonchev–Trinajstić information content (AvgIpc) is 2.54. The van der Waals surface area contributed by atoms with Gasteiger partial charge in [-0.05, 0) is 49.9 Å². The quantitative estimate of drug-likeness (QED) is 0.803. The molecule has 124 valence electrons. The van der Waals surface area contributed by atoms with Gasteiger partial charge < -0.3 is 10.1 Å². The molecule has 0 atom stereocenters. The minimum atomic E-state index is 0.00372. The Hall–Kier alpha value is -2.03. The molecule has 1 aromatic rings. The highest BCUT2D eigenvalue weighted by Crippen LogP contribution is 2.27. The Kier molecular flexibility index (Phi) is 6.03. The maximum absolute atomic E-state index is 12.7. The Morgan fingerprint density at radius 2 is 2.00 bits per heavy atom. The van der Waals surface area contributed by atoms with Crippen molar-refractivity contribution in [3.05, 3.63) is 47.1 Å². The van der Waals surface area contributed by atoms with Gasteiger partial charge in [-0.2, -0.15) is 0 Å². The maximum atomic E-state index is 12.7. The normalized spacial score (nSPS) is 15.6. The number of benzene rings is 1. The fourth-order valence-corrected chi connectivity index (χ4v) is 3.08. The zero-order valence-corrected chi connectivity index (χ0v) is 14.4. The summed E-state index contributed by atoms with van der Waals surface area (Å²) in [6, 6.07) is 4.02. The summed E-state index contributed by atoms with van der Waals surface area (Å²) < 4.78 is 5.39. The predicted molar refractivity (Wildman–Crippen MR) is 95.9 cm³/mol. The summed E-state index contributed by atoms with van der Waals surface area (Å²) >= 11 is 0. The van der Waals surface area contributed by atoms with Crippen LogP contribution in [0.5, 0.6) is 5.75 Å². The van der Waals surface area contributed by atoms with Crippen LogP contribution in [0.4, 0.5) is 0 Å². The first kappa shape index (κ1) is 17.3. The zero-order chi connectivity index (χ0) is 16.8. The highest BCUT2D eigenvalue weighted by molar-refractivity contribution is 5.99. The van der Waals surface area contributed by atoms with E-state index in [0.717, 1.165) is 35.3 Å². The summed E-state index contributed by atoms with van der Waals surface area (Å²) in [7, 11) is 1.65. The van der Waals surface area contributed by atoms with Crippen LogP contribution in [-0.2, 0) is 0 Å². The zero-order valence-electron chi connectivity index (χ0n) is 14.4. The molecule has 1 fully saturated rings. The molecular weight excluding hydrogens is 286 g/mol. The second kappa shape index (κ2) is 8.00. The first-order chi connectivity index (χ1) is 11.0. The van der Waals surface area contributed by atoms with Crippen LogP contribution >= 0.6 is 0 Å². The number of ether oxygens (including phenoxy) is 1. The molecule has 23 heavy (non-hydrogen) atoms. The third-order valence-electron chi connectivity index (χ3n) is 4.40. The van der Waals surface area contributed by atoms with Crippen LogP contribution in [0.2, 0.25) is 0 Å². The van der Waals surface area contributed by atoms with Crippen molar-refractivity contribution >= 4 is 12.0 Å². The van der Waals surface area contributed by atoms with Crippen molar-refractivity contribution in [2.75, 3.05) is 7.11 Å². The molecule has 1 aromatic carbocycles. The van der Waals surface area contributed by atoms with Crippen molar-refractivity contribution in [3.8, 4) is 5.75 Å². The molecule has 0 spiro atoms. The molecular formula is C20H27NO2. The Bertz CT molecular complexity index is 610. The van der Waals surface area contributed by atoms with E-state index in [2.05, 4.69) is 11.9 Å². The summed E-state index contributed by atoms with van der Waals surface area (Å²) in [4.78, 5) is 12.7. The highest BCUT2D eigenvalue weighted by Gasteiger charge is 2.19. The van der Waals surface area contributed by atoms with E-state index < -0.39 is 0 Å². The van der Waals surface area contributed by atoms with Crippen LogP contribution in [0.1, 0.15) is 60.5 Å². The molecule has 0 radical (unpaired) electrons. The summed E-state index contributed by atoms with van der Waals surface area (Å²) in [6.45, 7) is 7.81. The fourth-order valence-electron chi connectivity index (χ4n) is 3.08. The van der Waals surface area contributed by atoms with Gasteiger partial charge in [0.2, 0.25) is 0 Å². The second-order valence-electron chi connectivity index (χ2n) is 6.34. The maximum Gasteiger partial charge on any atom is 0.252 e. The van der Waals surface area contributed by atoms with Crippen LogP contribution in [-0.4, -0.2) is 19.1 Å². The van der Waals surface area contributed by atoms with Gasteiger partial charge >= 0.3 is 0 Å². The van der Waals surface area contributed by atoms with Crippen molar-refractivity contribution in [2.45, 2.75) is 52.0 Å². The van der Waals surface area contributed by atoms with Crippen molar-refractivity contribution in [1.29, 1.82) is 0 Å². The van der Waals surface area contributed by atoms with Crippen molar-refractivity contribution in [2.24, 2.45) is 0 Å². The number of amides is 1. The van der Waals surface area contributed by atoms with E-state index in [4.69, 9.17) is 4.74 Å². The lowest BCUT2D eigenvalue weighted by Gasteiger charge is -2.23. The molecule has 1 aliphatic rings. The lowest BCUT2D eigenvalue weighted by Crippen LogP contribution is -2.36. The molecule has 0 heterocycles. The molecule has 2 rings (SSSR count). The van der Waals surface area contributed by atoms with E-state index in [0.29, 0.717) is 11.6 Å². The molecule has 0 aromatic heterocycles. The van der Waals surface area contributed by atoms with E-state index >= 15 is 0 Å². The Morgan fingerprint density at radius 3 is 2.61 bits per heavy atom. The average molecular weight is 313 g/mol. The Labute approximate surface area is 139 Å².